The molecular weight excluding hydrogens is 317 g/mol. The van der Waals surface area contributed by atoms with Crippen molar-refractivity contribution in [2.75, 3.05) is 0 Å². The van der Waals surface area contributed by atoms with Gasteiger partial charge >= 0.3 is 5.97 Å². The molecule has 0 fully saturated rings. The number of benzene rings is 1. The summed E-state index contributed by atoms with van der Waals surface area (Å²) in [5.41, 5.74) is 0. The number of thiazole rings is 1. The Bertz CT molecular complexity index is 589. The number of rotatable bonds is 2. The van der Waals surface area contributed by atoms with Gasteiger partial charge < -0.3 is 4.74 Å². The van der Waals surface area contributed by atoms with E-state index in [1.807, 2.05) is 0 Å². The first-order valence-electron chi connectivity index (χ1n) is 4.76. The molecule has 18 heavy (non-hydrogen) atoms. The van der Waals surface area contributed by atoms with Crippen molar-refractivity contribution in [1.29, 1.82) is 0 Å². The Kier molecular flexibility index (Phi) is 4.12. The van der Waals surface area contributed by atoms with Gasteiger partial charge in [0, 0.05) is 5.02 Å². The second-order valence-electron chi connectivity index (χ2n) is 3.33. The van der Waals surface area contributed by atoms with Gasteiger partial charge in [-0.3, -0.25) is 0 Å². The van der Waals surface area contributed by atoms with E-state index in [1.165, 1.54) is 29.7 Å². The van der Waals surface area contributed by atoms with E-state index >= 15 is 0 Å². The summed E-state index contributed by atoms with van der Waals surface area (Å²) >= 11 is 18.8. The van der Waals surface area contributed by atoms with Crippen LogP contribution < -0.4 is 4.74 Å². The van der Waals surface area contributed by atoms with E-state index in [9.17, 15) is 4.79 Å². The molecule has 0 bridgehead atoms. The number of hydrogen-bond donors (Lipinski definition) is 0. The maximum absolute atomic E-state index is 11.8. The molecule has 0 saturated carbocycles. The molecule has 2 aromatic rings. The van der Waals surface area contributed by atoms with Gasteiger partial charge in [-0.05, 0) is 19.1 Å². The third-order valence-electron chi connectivity index (χ3n) is 1.98. The van der Waals surface area contributed by atoms with Crippen molar-refractivity contribution < 1.29 is 9.53 Å². The number of halogens is 3. The molecule has 0 unspecified atom stereocenters. The molecule has 0 aliphatic heterocycles. The standard InChI is InChI=1S/C11H6Cl3NO2S/c1-5-15-4-9(18-5)11(16)17-10-7(13)2-6(12)3-8(10)14/h2-4H,1H3. The second kappa shape index (κ2) is 5.45. The van der Waals surface area contributed by atoms with Crippen molar-refractivity contribution in [3.05, 3.63) is 43.3 Å². The van der Waals surface area contributed by atoms with Gasteiger partial charge in [-0.2, -0.15) is 0 Å². The molecule has 0 N–H and O–H groups in total. The van der Waals surface area contributed by atoms with E-state index < -0.39 is 5.97 Å². The lowest BCUT2D eigenvalue weighted by Gasteiger charge is -2.07. The van der Waals surface area contributed by atoms with Crippen LogP contribution in [0.1, 0.15) is 14.7 Å². The molecule has 7 heteroatoms. The summed E-state index contributed by atoms with van der Waals surface area (Å²) in [6, 6.07) is 2.91. The van der Waals surface area contributed by atoms with Gasteiger partial charge in [0.2, 0.25) is 0 Å². The topological polar surface area (TPSA) is 39.2 Å². The van der Waals surface area contributed by atoms with Gasteiger partial charge in [-0.1, -0.05) is 34.8 Å². The molecule has 0 aliphatic rings. The Morgan fingerprint density at radius 1 is 1.28 bits per heavy atom. The molecule has 2 rings (SSSR count). The number of esters is 1. The third-order valence-corrected chi connectivity index (χ3v) is 3.65. The Hall–Kier alpha value is -0.810. The summed E-state index contributed by atoms with van der Waals surface area (Å²) in [7, 11) is 0. The fraction of sp³-hybridized carbons (Fsp3) is 0.0909. The van der Waals surface area contributed by atoms with Crippen LogP contribution >= 0.6 is 46.1 Å². The van der Waals surface area contributed by atoms with E-state index in [0.717, 1.165) is 5.01 Å². The zero-order valence-corrected chi connectivity index (χ0v) is 12.1. The quantitative estimate of drug-likeness (QED) is 0.597. The third kappa shape index (κ3) is 2.95. The van der Waals surface area contributed by atoms with Crippen LogP contribution in [-0.2, 0) is 0 Å². The Morgan fingerprint density at radius 3 is 2.39 bits per heavy atom. The summed E-state index contributed by atoms with van der Waals surface area (Å²) in [4.78, 5) is 16.2. The van der Waals surface area contributed by atoms with E-state index in [4.69, 9.17) is 39.5 Å². The number of nitrogens with zero attached hydrogens (tertiary/aromatic N) is 1. The molecule has 3 nitrogen and oxygen atoms in total. The van der Waals surface area contributed by atoms with E-state index in [2.05, 4.69) is 4.98 Å². The first-order valence-corrected chi connectivity index (χ1v) is 6.71. The number of carbonyl (C=O) groups excluding carboxylic acids is 1. The molecule has 1 aromatic heterocycles. The lowest BCUT2D eigenvalue weighted by Crippen LogP contribution is -2.07. The van der Waals surface area contributed by atoms with Gasteiger partial charge in [0.1, 0.15) is 4.88 Å². The maximum atomic E-state index is 11.8. The van der Waals surface area contributed by atoms with Crippen molar-refractivity contribution in [1.82, 2.24) is 4.98 Å². The number of hydrogen-bond acceptors (Lipinski definition) is 4. The van der Waals surface area contributed by atoms with E-state index in [0.29, 0.717) is 9.90 Å². The second-order valence-corrected chi connectivity index (χ2v) is 5.82. The summed E-state index contributed by atoms with van der Waals surface area (Å²) in [6.07, 6.45) is 1.44. The first-order chi connectivity index (χ1) is 8.47. The van der Waals surface area contributed by atoms with Gasteiger partial charge in [-0.25, -0.2) is 9.78 Å². The Morgan fingerprint density at radius 2 is 1.89 bits per heavy atom. The largest absolute Gasteiger partial charge is 0.419 e. The fourth-order valence-corrected chi connectivity index (χ4v) is 2.77. The monoisotopic (exact) mass is 321 g/mol. The zero-order chi connectivity index (χ0) is 13.3. The lowest BCUT2D eigenvalue weighted by atomic mass is 10.3. The Labute approximate surface area is 122 Å². The Balaban J connectivity index is 2.27. The predicted molar refractivity (Wildman–Crippen MR) is 73.3 cm³/mol. The van der Waals surface area contributed by atoms with Crippen LogP contribution in [0.15, 0.2) is 18.3 Å². The average Bonchev–Trinajstić information content (AvgIpc) is 2.70. The van der Waals surface area contributed by atoms with E-state index in [-0.39, 0.29) is 15.8 Å². The van der Waals surface area contributed by atoms with Gasteiger partial charge in [0.05, 0.1) is 21.2 Å². The van der Waals surface area contributed by atoms with Gasteiger partial charge in [0.25, 0.3) is 0 Å². The highest BCUT2D eigenvalue weighted by molar-refractivity contribution is 7.13. The van der Waals surface area contributed by atoms with Crippen LogP contribution in [0.3, 0.4) is 0 Å². The summed E-state index contributed by atoms with van der Waals surface area (Å²) < 4.78 is 5.14. The van der Waals surface area contributed by atoms with Crippen LogP contribution in [-0.4, -0.2) is 11.0 Å². The van der Waals surface area contributed by atoms with E-state index in [1.54, 1.807) is 6.92 Å². The number of aryl methyl sites for hydroxylation is 1. The molecule has 0 radical (unpaired) electrons. The minimum absolute atomic E-state index is 0.0961. The van der Waals surface area contributed by atoms with Crippen LogP contribution in [0.2, 0.25) is 15.1 Å². The number of aromatic nitrogens is 1. The van der Waals surface area contributed by atoms with Crippen molar-refractivity contribution in [2.45, 2.75) is 6.92 Å². The van der Waals surface area contributed by atoms with Crippen molar-refractivity contribution >= 4 is 52.1 Å². The molecular formula is C11H6Cl3NO2S. The van der Waals surface area contributed by atoms with Crippen LogP contribution in [0.5, 0.6) is 5.75 Å². The normalized spacial score (nSPS) is 10.4. The molecule has 0 aliphatic carbocycles. The van der Waals surface area contributed by atoms with Crippen LogP contribution in [0.4, 0.5) is 0 Å². The highest BCUT2D eigenvalue weighted by atomic mass is 35.5. The summed E-state index contributed by atoms with van der Waals surface area (Å²) in [5, 5.41) is 1.51. The summed E-state index contributed by atoms with van der Waals surface area (Å²) in [5.74, 6) is -0.453. The smallest absolute Gasteiger partial charge is 0.355 e. The molecule has 0 spiro atoms. The maximum Gasteiger partial charge on any atom is 0.355 e. The first kappa shape index (κ1) is 13.6. The molecule has 0 amide bonds. The molecule has 0 saturated heterocycles. The number of ether oxygens (including phenoxy) is 1. The molecule has 1 aromatic carbocycles. The fourth-order valence-electron chi connectivity index (χ4n) is 1.23. The highest BCUT2D eigenvalue weighted by Gasteiger charge is 2.16. The van der Waals surface area contributed by atoms with Crippen molar-refractivity contribution in [3.8, 4) is 5.75 Å². The minimum Gasteiger partial charge on any atom is -0.419 e. The molecule has 94 valence electrons. The van der Waals surface area contributed by atoms with Crippen molar-refractivity contribution in [3.63, 3.8) is 0 Å². The predicted octanol–water partition coefficient (Wildman–Crippen LogP) is 4.63. The minimum atomic E-state index is -0.549. The van der Waals surface area contributed by atoms with Gasteiger partial charge in [-0.15, -0.1) is 11.3 Å². The van der Waals surface area contributed by atoms with Gasteiger partial charge in [0.15, 0.2) is 5.75 Å². The summed E-state index contributed by atoms with van der Waals surface area (Å²) in [6.45, 7) is 1.80. The SMILES string of the molecule is Cc1ncc(C(=O)Oc2c(Cl)cc(Cl)cc2Cl)s1. The number of carbonyl (C=O) groups is 1. The van der Waals surface area contributed by atoms with Crippen LogP contribution in [0.25, 0.3) is 0 Å². The zero-order valence-electron chi connectivity index (χ0n) is 9.04. The highest BCUT2D eigenvalue weighted by Crippen LogP contribution is 2.36. The molecule has 1 heterocycles. The molecule has 0 atom stereocenters. The lowest BCUT2D eigenvalue weighted by molar-refractivity contribution is 0.0740. The average molecular weight is 323 g/mol. The van der Waals surface area contributed by atoms with Crippen molar-refractivity contribution in [2.24, 2.45) is 0 Å². The van der Waals surface area contributed by atoms with Crippen LogP contribution in [0, 0.1) is 6.92 Å².